The molecule has 9 nitrogen and oxygen atoms in total. The van der Waals surface area contributed by atoms with Crippen molar-refractivity contribution < 1.29 is 21.6 Å². The van der Waals surface area contributed by atoms with E-state index in [0.29, 0.717) is 22.6 Å². The molecule has 0 spiro atoms. The van der Waals surface area contributed by atoms with E-state index in [-0.39, 0.29) is 15.4 Å². The van der Waals surface area contributed by atoms with Crippen LogP contribution in [0.1, 0.15) is 39.5 Å². The van der Waals surface area contributed by atoms with Gasteiger partial charge in [-0.15, -0.1) is 0 Å². The van der Waals surface area contributed by atoms with Crippen LogP contribution in [0.15, 0.2) is 106 Å². The fourth-order valence-electron chi connectivity index (χ4n) is 3.91. The summed E-state index contributed by atoms with van der Waals surface area (Å²) in [7, 11) is -7.67. The number of rotatable bonds is 9. The highest BCUT2D eigenvalue weighted by Gasteiger charge is 2.18. The third-order valence-electron chi connectivity index (χ3n) is 6.24. The highest BCUT2D eigenvalue weighted by atomic mass is 32.2. The first kappa shape index (κ1) is 29.5. The molecule has 0 atom stereocenters. The molecule has 4 rings (SSSR count). The number of aryl methyl sites for hydroxylation is 3. The van der Waals surface area contributed by atoms with Crippen molar-refractivity contribution in [1.29, 1.82) is 0 Å². The van der Waals surface area contributed by atoms with Crippen molar-refractivity contribution in [3.05, 3.63) is 119 Å². The normalized spacial score (nSPS) is 12.0. The van der Waals surface area contributed by atoms with Gasteiger partial charge in [0.1, 0.15) is 0 Å². The Kier molecular flexibility index (Phi) is 8.60. The van der Waals surface area contributed by atoms with Crippen LogP contribution in [0.5, 0.6) is 0 Å². The van der Waals surface area contributed by atoms with E-state index in [1.807, 2.05) is 32.9 Å². The Labute approximate surface area is 240 Å². The zero-order chi connectivity index (χ0) is 29.8. The first-order chi connectivity index (χ1) is 19.3. The molecule has 1 amide bonds. The number of nitrogens with zero attached hydrogens (tertiary/aromatic N) is 1. The van der Waals surface area contributed by atoms with Crippen molar-refractivity contribution in [3.8, 4) is 0 Å². The van der Waals surface area contributed by atoms with Gasteiger partial charge in [0.25, 0.3) is 26.0 Å². The highest BCUT2D eigenvalue weighted by Crippen LogP contribution is 2.22. The van der Waals surface area contributed by atoms with Crippen molar-refractivity contribution in [3.63, 3.8) is 0 Å². The number of amides is 1. The minimum atomic E-state index is -3.93. The van der Waals surface area contributed by atoms with E-state index in [1.54, 1.807) is 49.4 Å². The van der Waals surface area contributed by atoms with Crippen molar-refractivity contribution in [2.24, 2.45) is 5.10 Å². The molecule has 0 saturated carbocycles. The Bertz CT molecular complexity index is 1830. The molecule has 11 heteroatoms. The van der Waals surface area contributed by atoms with Crippen LogP contribution in [-0.2, 0) is 20.0 Å². The topological polar surface area (TPSA) is 134 Å². The van der Waals surface area contributed by atoms with Crippen molar-refractivity contribution in [1.82, 2.24) is 5.43 Å². The summed E-state index contributed by atoms with van der Waals surface area (Å²) in [5.41, 5.74) is 7.26. The second kappa shape index (κ2) is 11.9. The Balaban J connectivity index is 1.42. The molecular weight excluding hydrogens is 560 g/mol. The van der Waals surface area contributed by atoms with Crippen LogP contribution in [-0.4, -0.2) is 28.5 Å². The van der Waals surface area contributed by atoms with Gasteiger partial charge in [0.15, 0.2) is 0 Å². The van der Waals surface area contributed by atoms with Gasteiger partial charge in [-0.25, -0.2) is 22.3 Å². The summed E-state index contributed by atoms with van der Waals surface area (Å²) in [5, 5.41) is 4.12. The van der Waals surface area contributed by atoms with Gasteiger partial charge in [-0.1, -0.05) is 53.6 Å². The number of benzene rings is 4. The summed E-state index contributed by atoms with van der Waals surface area (Å²) >= 11 is 0. The van der Waals surface area contributed by atoms with E-state index in [4.69, 9.17) is 0 Å². The van der Waals surface area contributed by atoms with Gasteiger partial charge in [-0.3, -0.25) is 14.2 Å². The standard InChI is InChI=1S/C30H30N4O5S2/c1-20-8-15-27(16-9-20)40(36,37)33-26-13-11-24(12-14-26)23(4)31-32-30(35)25-6-5-7-28(19-25)41(38,39)34-29-17-10-21(2)18-22(29)3/h5-19,33-34H,1-4H3,(H,32,35)/b31-23-. The molecule has 0 heterocycles. The van der Waals surface area contributed by atoms with Crippen molar-refractivity contribution in [2.45, 2.75) is 37.5 Å². The molecule has 212 valence electrons. The van der Waals surface area contributed by atoms with Crippen LogP contribution in [0.4, 0.5) is 11.4 Å². The zero-order valence-corrected chi connectivity index (χ0v) is 24.6. The van der Waals surface area contributed by atoms with Crippen molar-refractivity contribution in [2.75, 3.05) is 9.44 Å². The monoisotopic (exact) mass is 590 g/mol. The van der Waals surface area contributed by atoms with E-state index in [1.165, 1.54) is 36.4 Å². The molecule has 0 unspecified atom stereocenters. The molecular formula is C30H30N4O5S2. The van der Waals surface area contributed by atoms with Crippen LogP contribution in [0.25, 0.3) is 0 Å². The largest absolute Gasteiger partial charge is 0.280 e. The van der Waals surface area contributed by atoms with Gasteiger partial charge in [-0.05, 0) is 87.4 Å². The van der Waals surface area contributed by atoms with Crippen LogP contribution in [0.2, 0.25) is 0 Å². The number of nitrogens with one attached hydrogen (secondary N) is 3. The maximum absolute atomic E-state index is 13.0. The molecule has 0 aliphatic carbocycles. The number of hydrogen-bond acceptors (Lipinski definition) is 6. The molecule has 41 heavy (non-hydrogen) atoms. The number of anilines is 2. The third kappa shape index (κ3) is 7.38. The van der Waals surface area contributed by atoms with E-state index in [9.17, 15) is 21.6 Å². The van der Waals surface area contributed by atoms with Gasteiger partial charge < -0.3 is 0 Å². The maximum Gasteiger partial charge on any atom is 0.271 e. The summed E-state index contributed by atoms with van der Waals surface area (Å²) in [6.07, 6.45) is 0. The minimum absolute atomic E-state index is 0.0606. The molecule has 0 bridgehead atoms. The summed E-state index contributed by atoms with van der Waals surface area (Å²) in [6.45, 7) is 7.29. The van der Waals surface area contributed by atoms with Gasteiger partial charge in [-0.2, -0.15) is 5.10 Å². The molecule has 3 N–H and O–H groups in total. The summed E-state index contributed by atoms with van der Waals surface area (Å²) in [5.74, 6) is -0.588. The van der Waals surface area contributed by atoms with Crippen LogP contribution in [0, 0.1) is 20.8 Å². The Morgan fingerprint density at radius 1 is 0.659 bits per heavy atom. The van der Waals surface area contributed by atoms with Crippen LogP contribution in [0.3, 0.4) is 0 Å². The lowest BCUT2D eigenvalue weighted by molar-refractivity contribution is 0.0954. The molecule has 4 aromatic rings. The molecule has 0 saturated heterocycles. The predicted octanol–water partition coefficient (Wildman–Crippen LogP) is 5.37. The zero-order valence-electron chi connectivity index (χ0n) is 23.0. The minimum Gasteiger partial charge on any atom is -0.280 e. The number of sulfonamides is 2. The molecule has 0 radical (unpaired) electrons. The SMILES string of the molecule is C/C(=N/NC(=O)c1cccc(S(=O)(=O)Nc2ccc(C)cc2C)c1)c1ccc(NS(=O)(=O)c2ccc(C)cc2)cc1. The number of hydrazone groups is 1. The van der Waals surface area contributed by atoms with Crippen molar-refractivity contribution >= 4 is 43.0 Å². The number of carbonyl (C=O) groups excluding carboxylic acids is 1. The van der Waals surface area contributed by atoms with Gasteiger partial charge in [0.05, 0.1) is 21.2 Å². The van der Waals surface area contributed by atoms with Crippen LogP contribution >= 0.6 is 0 Å². The second-order valence-electron chi connectivity index (χ2n) is 9.59. The maximum atomic E-state index is 13.0. The van der Waals surface area contributed by atoms with E-state index < -0.39 is 26.0 Å². The predicted molar refractivity (Wildman–Crippen MR) is 161 cm³/mol. The first-order valence-corrected chi connectivity index (χ1v) is 15.6. The fraction of sp³-hybridized carbons (Fsp3) is 0.133. The molecule has 0 fully saturated rings. The quantitative estimate of drug-likeness (QED) is 0.178. The summed E-state index contributed by atoms with van der Waals surface area (Å²) in [4.78, 5) is 12.9. The Morgan fingerprint density at radius 2 is 1.29 bits per heavy atom. The number of hydrogen-bond donors (Lipinski definition) is 3. The van der Waals surface area contributed by atoms with E-state index in [2.05, 4.69) is 20.0 Å². The lowest BCUT2D eigenvalue weighted by Crippen LogP contribution is -2.20. The van der Waals surface area contributed by atoms with E-state index in [0.717, 1.165) is 16.7 Å². The molecule has 0 aliphatic rings. The smallest absolute Gasteiger partial charge is 0.271 e. The summed E-state index contributed by atoms with van der Waals surface area (Å²) < 4.78 is 56.3. The van der Waals surface area contributed by atoms with Gasteiger partial charge in [0.2, 0.25) is 0 Å². The van der Waals surface area contributed by atoms with Gasteiger partial charge in [0, 0.05) is 11.3 Å². The second-order valence-corrected chi connectivity index (χ2v) is 13.0. The molecule has 4 aromatic carbocycles. The third-order valence-corrected chi connectivity index (χ3v) is 9.00. The van der Waals surface area contributed by atoms with Gasteiger partial charge >= 0.3 is 0 Å². The number of carbonyl (C=O) groups is 1. The highest BCUT2D eigenvalue weighted by molar-refractivity contribution is 7.93. The first-order valence-electron chi connectivity index (χ1n) is 12.6. The summed E-state index contributed by atoms with van der Waals surface area (Å²) in [6, 6.07) is 24.1. The molecule has 0 aromatic heterocycles. The average Bonchev–Trinajstić information content (AvgIpc) is 2.93. The lowest BCUT2D eigenvalue weighted by Gasteiger charge is -2.12. The lowest BCUT2D eigenvalue weighted by atomic mass is 10.1. The van der Waals surface area contributed by atoms with E-state index >= 15 is 0 Å². The fourth-order valence-corrected chi connectivity index (χ4v) is 6.15. The Hall–Kier alpha value is -4.48. The Morgan fingerprint density at radius 3 is 1.95 bits per heavy atom. The average molecular weight is 591 g/mol. The molecule has 0 aliphatic heterocycles. The van der Waals surface area contributed by atoms with Crippen LogP contribution < -0.4 is 14.9 Å².